The molecular weight excluding hydrogens is 520 g/mol. The molecule has 1 amide bonds. The van der Waals surface area contributed by atoms with Crippen LogP contribution < -0.4 is 19.9 Å². The molecule has 10 heteroatoms. The van der Waals surface area contributed by atoms with Gasteiger partial charge in [0.15, 0.2) is 4.80 Å². The van der Waals surface area contributed by atoms with Gasteiger partial charge in [0, 0.05) is 4.90 Å². The Morgan fingerprint density at radius 2 is 1.82 bits per heavy atom. The Balaban J connectivity index is 1.62. The fourth-order valence-electron chi connectivity index (χ4n) is 4.58. The molecule has 2 atom stereocenters. The Morgan fingerprint density at radius 1 is 1.11 bits per heavy atom. The number of benzene rings is 2. The van der Waals surface area contributed by atoms with Gasteiger partial charge in [0.25, 0.3) is 11.5 Å². The van der Waals surface area contributed by atoms with Crippen molar-refractivity contribution in [1.82, 2.24) is 4.57 Å². The third-order valence-electron chi connectivity index (χ3n) is 6.45. The van der Waals surface area contributed by atoms with Gasteiger partial charge in [0.05, 0.1) is 39.9 Å². The van der Waals surface area contributed by atoms with Crippen molar-refractivity contribution in [2.45, 2.75) is 31.7 Å². The molecule has 0 bridgehead atoms. The van der Waals surface area contributed by atoms with Crippen molar-refractivity contribution in [2.75, 3.05) is 17.9 Å². The van der Waals surface area contributed by atoms with E-state index in [1.54, 1.807) is 38.6 Å². The van der Waals surface area contributed by atoms with E-state index >= 15 is 0 Å². The number of hydrogen-bond donors (Lipinski definition) is 0. The van der Waals surface area contributed by atoms with Crippen LogP contribution in [0.25, 0.3) is 6.08 Å². The highest BCUT2D eigenvalue weighted by Gasteiger charge is 2.35. The lowest BCUT2D eigenvalue weighted by atomic mass is 9.96. The molecule has 194 valence electrons. The lowest BCUT2D eigenvalue weighted by Gasteiger charge is -2.24. The molecule has 0 N–H and O–H groups in total. The van der Waals surface area contributed by atoms with Gasteiger partial charge in [-0.25, -0.2) is 9.79 Å². The summed E-state index contributed by atoms with van der Waals surface area (Å²) in [6.07, 6.45) is 3.64. The molecule has 5 rings (SSSR count). The molecule has 38 heavy (non-hydrogen) atoms. The van der Waals surface area contributed by atoms with E-state index in [4.69, 9.17) is 4.74 Å². The number of anilines is 1. The number of ether oxygens (including phenoxy) is 1. The van der Waals surface area contributed by atoms with Gasteiger partial charge in [-0.2, -0.15) is 10.1 Å². The minimum atomic E-state index is -0.696. The zero-order valence-electron chi connectivity index (χ0n) is 21.4. The van der Waals surface area contributed by atoms with Crippen LogP contribution in [-0.4, -0.2) is 35.0 Å². The summed E-state index contributed by atoms with van der Waals surface area (Å²) in [6.45, 7) is 5.48. The molecule has 2 aliphatic rings. The Morgan fingerprint density at radius 3 is 2.47 bits per heavy atom. The van der Waals surface area contributed by atoms with E-state index in [0.29, 0.717) is 32.0 Å². The number of rotatable bonds is 6. The molecule has 2 aliphatic heterocycles. The SMILES string of the molecule is CCOC(=O)C1=C(C)N=c2s/c(=C/[C@@H]3C(=O)N(c4ccccc4)N=C3C)c(=O)n2[C@@H]1c1ccc(SC)cc1. The first-order chi connectivity index (χ1) is 18.3. The second-order valence-electron chi connectivity index (χ2n) is 8.80. The van der Waals surface area contributed by atoms with Crippen LogP contribution in [0.4, 0.5) is 5.69 Å². The van der Waals surface area contributed by atoms with Gasteiger partial charge in [-0.3, -0.25) is 14.2 Å². The van der Waals surface area contributed by atoms with Crippen molar-refractivity contribution in [2.24, 2.45) is 16.0 Å². The number of carbonyl (C=O) groups excluding carboxylic acids is 2. The highest BCUT2D eigenvalue weighted by Crippen LogP contribution is 2.32. The molecule has 3 heterocycles. The van der Waals surface area contributed by atoms with Gasteiger partial charge >= 0.3 is 5.97 Å². The fourth-order valence-corrected chi connectivity index (χ4v) is 6.05. The minimum absolute atomic E-state index is 0.207. The molecule has 0 saturated carbocycles. The lowest BCUT2D eigenvalue weighted by molar-refractivity contribution is -0.139. The molecule has 8 nitrogen and oxygen atoms in total. The van der Waals surface area contributed by atoms with Gasteiger partial charge in [0.2, 0.25) is 0 Å². The van der Waals surface area contributed by atoms with E-state index < -0.39 is 17.9 Å². The molecule has 0 aliphatic carbocycles. The third kappa shape index (κ3) is 4.54. The van der Waals surface area contributed by atoms with Gasteiger partial charge in [-0.15, -0.1) is 11.8 Å². The molecule has 0 spiro atoms. The first-order valence-electron chi connectivity index (χ1n) is 12.1. The number of hydrazone groups is 1. The maximum absolute atomic E-state index is 13.8. The Bertz CT molecular complexity index is 1650. The van der Waals surface area contributed by atoms with Crippen LogP contribution >= 0.6 is 23.1 Å². The molecule has 0 unspecified atom stereocenters. The van der Waals surface area contributed by atoms with Crippen molar-refractivity contribution in [3.05, 3.63) is 91.1 Å². The summed E-state index contributed by atoms with van der Waals surface area (Å²) in [6, 6.07) is 16.2. The number of esters is 1. The lowest BCUT2D eigenvalue weighted by Crippen LogP contribution is -2.40. The molecular formula is C28H26N4O4S2. The van der Waals surface area contributed by atoms with Gasteiger partial charge in [0.1, 0.15) is 5.92 Å². The number of para-hydroxylation sites is 1. The summed E-state index contributed by atoms with van der Waals surface area (Å²) in [5.41, 5.74) is 2.54. The number of nitrogens with zero attached hydrogens (tertiary/aromatic N) is 4. The summed E-state index contributed by atoms with van der Waals surface area (Å²) in [4.78, 5) is 46.3. The van der Waals surface area contributed by atoms with Crippen LogP contribution in [0.3, 0.4) is 0 Å². The van der Waals surface area contributed by atoms with Crippen molar-refractivity contribution < 1.29 is 14.3 Å². The number of thiazole rings is 1. The zero-order chi connectivity index (χ0) is 27.0. The number of carbonyl (C=O) groups is 2. The van der Waals surface area contributed by atoms with Crippen molar-refractivity contribution in [1.29, 1.82) is 0 Å². The predicted molar refractivity (Wildman–Crippen MR) is 150 cm³/mol. The molecule has 0 saturated heterocycles. The first-order valence-corrected chi connectivity index (χ1v) is 14.2. The van der Waals surface area contributed by atoms with E-state index in [9.17, 15) is 14.4 Å². The van der Waals surface area contributed by atoms with Crippen LogP contribution in [0.5, 0.6) is 0 Å². The Hall–Kier alpha value is -3.76. The monoisotopic (exact) mass is 546 g/mol. The number of thioether (sulfide) groups is 1. The van der Waals surface area contributed by atoms with Crippen LogP contribution in [0.15, 0.2) is 85.7 Å². The fraction of sp³-hybridized carbons (Fsp3) is 0.250. The molecule has 2 aromatic carbocycles. The van der Waals surface area contributed by atoms with Crippen molar-refractivity contribution >= 4 is 52.5 Å². The van der Waals surface area contributed by atoms with Crippen LogP contribution in [0.1, 0.15) is 32.4 Å². The van der Waals surface area contributed by atoms with E-state index in [0.717, 1.165) is 10.5 Å². The summed E-state index contributed by atoms with van der Waals surface area (Å²) in [5.74, 6) is -1.41. The van der Waals surface area contributed by atoms with Crippen LogP contribution in [0.2, 0.25) is 0 Å². The second kappa shape index (κ2) is 10.5. The number of amides is 1. The third-order valence-corrected chi connectivity index (χ3v) is 8.19. The van der Waals surface area contributed by atoms with Crippen LogP contribution in [0, 0.1) is 5.92 Å². The normalized spacial score (nSPS) is 19.4. The van der Waals surface area contributed by atoms with Gasteiger partial charge in [-0.05, 0) is 62.9 Å². The quantitative estimate of drug-likeness (QED) is 0.349. The molecule has 3 aromatic rings. The summed E-state index contributed by atoms with van der Waals surface area (Å²) < 4.78 is 7.26. The maximum atomic E-state index is 13.8. The highest BCUT2D eigenvalue weighted by molar-refractivity contribution is 7.98. The summed E-state index contributed by atoms with van der Waals surface area (Å²) in [5, 5.41) is 5.81. The maximum Gasteiger partial charge on any atom is 0.338 e. The summed E-state index contributed by atoms with van der Waals surface area (Å²) >= 11 is 2.81. The van der Waals surface area contributed by atoms with Crippen molar-refractivity contribution in [3.63, 3.8) is 0 Å². The standard InChI is InChI=1S/C28H26N4O4S2/c1-5-36-27(35)23-17(3)29-28-31(24(23)18-11-13-20(37-4)14-12-18)26(34)22(38-28)15-21-16(2)30-32(25(21)33)19-9-7-6-8-10-19/h6-15,21,24H,5H2,1-4H3/b22-15+/t21-,24+/m0/s1. The first kappa shape index (κ1) is 25.9. The topological polar surface area (TPSA) is 93.3 Å². The van der Waals surface area contributed by atoms with E-state index in [1.807, 2.05) is 60.9 Å². The number of aromatic nitrogens is 1. The number of fused-ring (bicyclic) bond motifs is 1. The Labute approximate surface area is 227 Å². The predicted octanol–water partition coefficient (Wildman–Crippen LogP) is 3.51. The summed E-state index contributed by atoms with van der Waals surface area (Å²) in [7, 11) is 0. The molecule has 0 radical (unpaired) electrons. The Kier molecular flexibility index (Phi) is 7.18. The average molecular weight is 547 g/mol. The molecule has 1 aromatic heterocycles. The highest BCUT2D eigenvalue weighted by atomic mass is 32.2. The molecule has 0 fully saturated rings. The largest absolute Gasteiger partial charge is 0.463 e. The van der Waals surface area contributed by atoms with E-state index in [1.165, 1.54) is 20.9 Å². The van der Waals surface area contributed by atoms with E-state index in [-0.39, 0.29) is 18.1 Å². The second-order valence-corrected chi connectivity index (χ2v) is 10.7. The van der Waals surface area contributed by atoms with Crippen LogP contribution in [-0.2, 0) is 14.3 Å². The minimum Gasteiger partial charge on any atom is -0.463 e. The van der Waals surface area contributed by atoms with Crippen molar-refractivity contribution in [3.8, 4) is 0 Å². The smallest absolute Gasteiger partial charge is 0.338 e. The number of allylic oxidation sites excluding steroid dienone is 1. The zero-order valence-corrected chi connectivity index (χ0v) is 23.0. The van der Waals surface area contributed by atoms with E-state index in [2.05, 4.69) is 10.1 Å². The van der Waals surface area contributed by atoms with Gasteiger partial charge < -0.3 is 4.74 Å². The average Bonchev–Trinajstić information content (AvgIpc) is 3.38. The van der Waals surface area contributed by atoms with Gasteiger partial charge in [-0.1, -0.05) is 41.7 Å². The number of hydrogen-bond acceptors (Lipinski definition) is 8.